The van der Waals surface area contributed by atoms with Crippen LogP contribution in [0.15, 0.2) is 89.9 Å². The molecule has 0 unspecified atom stereocenters. The van der Waals surface area contributed by atoms with Gasteiger partial charge in [-0.25, -0.2) is 0 Å². The average molecular weight is 481 g/mol. The van der Waals surface area contributed by atoms with Crippen molar-refractivity contribution >= 4 is 11.6 Å². The summed E-state index contributed by atoms with van der Waals surface area (Å²) in [5.41, 5.74) is 3.80. The smallest absolute Gasteiger partial charge is 0.291 e. The van der Waals surface area contributed by atoms with Crippen LogP contribution in [0.3, 0.4) is 0 Å². The van der Waals surface area contributed by atoms with E-state index in [4.69, 9.17) is 14.3 Å². The molecule has 4 heterocycles. The molecule has 0 aliphatic heterocycles. The van der Waals surface area contributed by atoms with Crippen molar-refractivity contribution in [2.75, 3.05) is 5.32 Å². The predicted molar refractivity (Wildman–Crippen MR) is 133 cm³/mol. The molecule has 1 amide bonds. The number of nitrogens with one attached hydrogen (secondary N) is 2. The highest BCUT2D eigenvalue weighted by atomic mass is 16.5. The molecule has 180 valence electrons. The van der Waals surface area contributed by atoms with Crippen molar-refractivity contribution in [2.45, 2.75) is 31.6 Å². The number of carbonyl (C=O) groups excluding carboxylic acids is 1. The lowest BCUT2D eigenvalue weighted by molar-refractivity contribution is -0.0383. The van der Waals surface area contributed by atoms with Crippen LogP contribution in [-0.2, 0) is 11.3 Å². The van der Waals surface area contributed by atoms with Gasteiger partial charge >= 0.3 is 0 Å². The lowest BCUT2D eigenvalue weighted by Gasteiger charge is -2.35. The zero-order chi connectivity index (χ0) is 24.3. The van der Waals surface area contributed by atoms with E-state index in [9.17, 15) is 4.79 Å². The number of rotatable bonds is 8. The largest absolute Gasteiger partial charge is 0.451 e. The van der Waals surface area contributed by atoms with Crippen molar-refractivity contribution in [3.05, 3.63) is 96.8 Å². The maximum atomic E-state index is 13.0. The van der Waals surface area contributed by atoms with E-state index in [1.807, 2.05) is 47.3 Å². The Hall–Kier alpha value is -4.50. The van der Waals surface area contributed by atoms with E-state index in [0.29, 0.717) is 29.4 Å². The Bertz CT molecular complexity index is 1440. The fourth-order valence-electron chi connectivity index (χ4n) is 4.23. The molecule has 6 rings (SSSR count). The standard InChI is InChI=1S/C27H24N6O3/c34-27(25-10-9-24(36-25)19-14-29-30-15-19)31-23-16-33(32-26(23)22-8-4-5-11-28-22)20-12-21(13-20)35-17-18-6-2-1-3-7-18/h1-11,14-16,20-21H,12-13,17H2,(H,29,30)(H,31,34). The van der Waals surface area contributed by atoms with E-state index in [1.165, 1.54) is 0 Å². The first kappa shape index (κ1) is 22.0. The van der Waals surface area contributed by atoms with E-state index < -0.39 is 0 Å². The molecule has 1 fully saturated rings. The molecule has 0 atom stereocenters. The highest BCUT2D eigenvalue weighted by Gasteiger charge is 2.33. The van der Waals surface area contributed by atoms with Gasteiger partial charge < -0.3 is 14.5 Å². The van der Waals surface area contributed by atoms with Crippen molar-refractivity contribution < 1.29 is 13.9 Å². The van der Waals surface area contributed by atoms with Crippen LogP contribution in [0.5, 0.6) is 0 Å². The minimum absolute atomic E-state index is 0.181. The summed E-state index contributed by atoms with van der Waals surface area (Å²) in [5, 5.41) is 14.4. The van der Waals surface area contributed by atoms with Gasteiger partial charge in [-0.05, 0) is 42.7 Å². The predicted octanol–water partition coefficient (Wildman–Crippen LogP) is 5.10. The number of nitrogens with zero attached hydrogens (tertiary/aromatic N) is 4. The number of aromatic nitrogens is 5. The monoisotopic (exact) mass is 480 g/mol. The van der Waals surface area contributed by atoms with Crippen LogP contribution >= 0.6 is 0 Å². The first-order valence-electron chi connectivity index (χ1n) is 11.8. The Morgan fingerprint density at radius 1 is 1.11 bits per heavy atom. The third-order valence-corrected chi connectivity index (χ3v) is 6.27. The number of furan rings is 1. The maximum absolute atomic E-state index is 13.0. The summed E-state index contributed by atoms with van der Waals surface area (Å²) < 4.78 is 13.7. The minimum atomic E-state index is -0.362. The number of amides is 1. The molecule has 0 saturated heterocycles. The van der Waals surface area contributed by atoms with Gasteiger partial charge in [-0.2, -0.15) is 10.2 Å². The second kappa shape index (κ2) is 9.63. The molecule has 2 N–H and O–H groups in total. The lowest BCUT2D eigenvalue weighted by Crippen LogP contribution is -2.33. The van der Waals surface area contributed by atoms with Gasteiger partial charge in [-0.15, -0.1) is 0 Å². The Morgan fingerprint density at radius 2 is 1.97 bits per heavy atom. The van der Waals surface area contributed by atoms with Crippen LogP contribution in [0, 0.1) is 0 Å². The van der Waals surface area contributed by atoms with E-state index >= 15 is 0 Å². The molecule has 9 nitrogen and oxygen atoms in total. The number of pyridine rings is 1. The zero-order valence-corrected chi connectivity index (χ0v) is 19.4. The molecular formula is C27H24N6O3. The fourth-order valence-corrected chi connectivity index (χ4v) is 4.23. The molecule has 0 bridgehead atoms. The van der Waals surface area contributed by atoms with Crippen molar-refractivity contribution in [3.8, 4) is 22.7 Å². The van der Waals surface area contributed by atoms with Crippen molar-refractivity contribution in [1.29, 1.82) is 0 Å². The quantitative estimate of drug-likeness (QED) is 0.320. The third-order valence-electron chi connectivity index (χ3n) is 6.27. The number of benzene rings is 1. The van der Waals surface area contributed by atoms with Gasteiger partial charge in [0.2, 0.25) is 0 Å². The van der Waals surface area contributed by atoms with Gasteiger partial charge in [0, 0.05) is 18.6 Å². The second-order valence-electron chi connectivity index (χ2n) is 8.74. The molecular weight excluding hydrogens is 456 g/mol. The van der Waals surface area contributed by atoms with Crippen LogP contribution in [0.4, 0.5) is 5.69 Å². The average Bonchev–Trinajstić information content (AvgIpc) is 3.65. The molecule has 9 heteroatoms. The molecule has 0 radical (unpaired) electrons. The third kappa shape index (κ3) is 4.56. The van der Waals surface area contributed by atoms with Gasteiger partial charge in [0.1, 0.15) is 11.5 Å². The van der Waals surface area contributed by atoms with Crippen LogP contribution in [0.2, 0.25) is 0 Å². The van der Waals surface area contributed by atoms with Crippen molar-refractivity contribution in [2.24, 2.45) is 0 Å². The van der Waals surface area contributed by atoms with E-state index in [0.717, 1.165) is 24.0 Å². The number of anilines is 1. The number of aromatic amines is 1. The Balaban J connectivity index is 1.17. The second-order valence-corrected chi connectivity index (χ2v) is 8.74. The number of hydrogen-bond acceptors (Lipinski definition) is 6. The van der Waals surface area contributed by atoms with Gasteiger partial charge in [-0.3, -0.25) is 19.6 Å². The van der Waals surface area contributed by atoms with Gasteiger partial charge in [0.05, 0.1) is 41.9 Å². The molecule has 36 heavy (non-hydrogen) atoms. The van der Waals surface area contributed by atoms with E-state index in [2.05, 4.69) is 32.6 Å². The van der Waals surface area contributed by atoms with Crippen LogP contribution in [0.25, 0.3) is 22.7 Å². The molecule has 4 aromatic heterocycles. The highest BCUT2D eigenvalue weighted by molar-refractivity contribution is 6.04. The van der Waals surface area contributed by atoms with Crippen LogP contribution in [0.1, 0.15) is 35.0 Å². The summed E-state index contributed by atoms with van der Waals surface area (Å²) in [6.45, 7) is 0.599. The van der Waals surface area contributed by atoms with Gasteiger partial charge in [0.25, 0.3) is 5.91 Å². The fraction of sp³-hybridized carbons (Fsp3) is 0.185. The van der Waals surface area contributed by atoms with E-state index in [-0.39, 0.29) is 23.8 Å². The van der Waals surface area contributed by atoms with E-state index in [1.54, 1.807) is 30.7 Å². The van der Waals surface area contributed by atoms with Crippen molar-refractivity contribution in [3.63, 3.8) is 0 Å². The lowest BCUT2D eigenvalue weighted by atomic mass is 9.89. The molecule has 1 aromatic carbocycles. The normalized spacial score (nSPS) is 17.0. The Labute approximate surface area is 207 Å². The van der Waals surface area contributed by atoms with Crippen molar-refractivity contribution in [1.82, 2.24) is 25.0 Å². The molecule has 1 aliphatic carbocycles. The minimum Gasteiger partial charge on any atom is -0.451 e. The zero-order valence-electron chi connectivity index (χ0n) is 19.4. The highest BCUT2D eigenvalue weighted by Crippen LogP contribution is 2.37. The first-order valence-corrected chi connectivity index (χ1v) is 11.8. The molecule has 0 spiro atoms. The first-order chi connectivity index (χ1) is 17.7. The molecule has 5 aromatic rings. The summed E-state index contributed by atoms with van der Waals surface area (Å²) in [5.74, 6) is 0.397. The van der Waals surface area contributed by atoms with Gasteiger partial charge in [0.15, 0.2) is 5.76 Å². The summed E-state index contributed by atoms with van der Waals surface area (Å²) >= 11 is 0. The Kier molecular flexibility index (Phi) is 5.88. The summed E-state index contributed by atoms with van der Waals surface area (Å²) in [7, 11) is 0. The summed E-state index contributed by atoms with van der Waals surface area (Å²) in [4.78, 5) is 17.4. The van der Waals surface area contributed by atoms with Crippen LogP contribution < -0.4 is 5.32 Å². The Morgan fingerprint density at radius 3 is 2.75 bits per heavy atom. The maximum Gasteiger partial charge on any atom is 0.291 e. The summed E-state index contributed by atoms with van der Waals surface area (Å²) in [6.07, 6.45) is 8.81. The topological polar surface area (TPSA) is 111 Å². The number of carbonyl (C=O) groups is 1. The SMILES string of the molecule is O=C(Nc1cn(C2CC(OCc3ccccc3)C2)nc1-c1ccccn1)c1ccc(-c2cn[nH]c2)o1. The summed E-state index contributed by atoms with van der Waals surface area (Å²) in [6, 6.07) is 19.4. The number of ether oxygens (including phenoxy) is 1. The number of H-pyrrole nitrogens is 1. The number of hydrogen-bond donors (Lipinski definition) is 2. The van der Waals surface area contributed by atoms with Crippen LogP contribution in [-0.4, -0.2) is 37.0 Å². The molecule has 1 saturated carbocycles. The molecule has 1 aliphatic rings. The van der Waals surface area contributed by atoms with Gasteiger partial charge in [-0.1, -0.05) is 36.4 Å².